The van der Waals surface area contributed by atoms with Crippen molar-refractivity contribution in [1.82, 2.24) is 10.1 Å². The van der Waals surface area contributed by atoms with Crippen molar-refractivity contribution in [1.29, 1.82) is 0 Å². The Morgan fingerprint density at radius 2 is 2.00 bits per heavy atom. The Bertz CT molecular complexity index is 1070. The number of nitrogens with zero attached hydrogens (tertiary/aromatic N) is 2. The molecule has 0 unspecified atom stereocenters. The van der Waals surface area contributed by atoms with Crippen molar-refractivity contribution < 1.29 is 23.5 Å². The Kier molecular flexibility index (Phi) is 6.32. The minimum absolute atomic E-state index is 0.0573. The highest BCUT2D eigenvalue weighted by Crippen LogP contribution is 2.37. The average molecular weight is 443 g/mol. The van der Waals surface area contributed by atoms with Crippen LogP contribution in [0.25, 0.3) is 0 Å². The summed E-state index contributed by atoms with van der Waals surface area (Å²) in [6.07, 6.45) is 1.79. The number of ether oxygens (including phenoxy) is 3. The van der Waals surface area contributed by atoms with Crippen molar-refractivity contribution in [3.63, 3.8) is 0 Å². The molecule has 1 atom stereocenters. The van der Waals surface area contributed by atoms with Crippen LogP contribution in [-0.4, -0.2) is 36.7 Å². The molecule has 0 bridgehead atoms. The van der Waals surface area contributed by atoms with Gasteiger partial charge in [-0.05, 0) is 31.0 Å². The van der Waals surface area contributed by atoms with Gasteiger partial charge in [-0.3, -0.25) is 4.79 Å². The summed E-state index contributed by atoms with van der Waals surface area (Å²) < 4.78 is 21.6. The van der Waals surface area contributed by atoms with Gasteiger partial charge in [0.2, 0.25) is 0 Å². The van der Waals surface area contributed by atoms with Crippen LogP contribution in [0.1, 0.15) is 40.7 Å². The maximum Gasteiger partial charge on any atom is 0.276 e. The first-order chi connectivity index (χ1) is 15.1. The van der Waals surface area contributed by atoms with Crippen molar-refractivity contribution >= 4 is 17.5 Å². The van der Waals surface area contributed by atoms with Crippen LogP contribution >= 0.6 is 11.6 Å². The number of para-hydroxylation sites is 1. The number of carbonyl (C=O) groups is 1. The largest absolute Gasteiger partial charge is 0.497 e. The molecule has 0 N–H and O–H groups in total. The van der Waals surface area contributed by atoms with Gasteiger partial charge in [-0.2, -0.15) is 0 Å². The van der Waals surface area contributed by atoms with E-state index in [0.717, 1.165) is 24.2 Å². The zero-order chi connectivity index (χ0) is 21.8. The first-order valence-corrected chi connectivity index (χ1v) is 10.3. The number of hydrogen-bond donors (Lipinski definition) is 0. The number of amides is 1. The predicted octanol–water partition coefficient (Wildman–Crippen LogP) is 4.90. The van der Waals surface area contributed by atoms with Crippen LogP contribution in [0.2, 0.25) is 5.02 Å². The van der Waals surface area contributed by atoms with Crippen LogP contribution in [0, 0.1) is 0 Å². The summed E-state index contributed by atoms with van der Waals surface area (Å²) in [5.41, 5.74) is 1.25. The average Bonchev–Trinajstić information content (AvgIpc) is 3.47. The molecule has 1 amide bonds. The van der Waals surface area contributed by atoms with Gasteiger partial charge in [0.05, 0.1) is 25.3 Å². The molecule has 3 aromatic rings. The molecule has 1 aromatic heterocycles. The Balaban J connectivity index is 1.45. The zero-order valence-electron chi connectivity index (χ0n) is 17.3. The molecule has 1 fully saturated rings. The summed E-state index contributed by atoms with van der Waals surface area (Å²) >= 11 is 6.19. The van der Waals surface area contributed by atoms with Gasteiger partial charge in [-0.1, -0.05) is 35.0 Å². The summed E-state index contributed by atoms with van der Waals surface area (Å²) in [4.78, 5) is 14.9. The third kappa shape index (κ3) is 4.46. The fraction of sp³-hybridized carbons (Fsp3) is 0.304. The fourth-order valence-corrected chi connectivity index (χ4v) is 4.00. The van der Waals surface area contributed by atoms with Crippen molar-refractivity contribution in [3.05, 3.63) is 70.6 Å². The maximum atomic E-state index is 13.1. The molecule has 2 heterocycles. The lowest BCUT2D eigenvalue weighted by atomic mass is 10.0. The number of methoxy groups -OCH3 is 2. The number of benzene rings is 2. The quantitative estimate of drug-likeness (QED) is 0.518. The van der Waals surface area contributed by atoms with E-state index in [4.69, 9.17) is 30.3 Å². The number of carbonyl (C=O) groups excluding carboxylic acids is 1. The minimum Gasteiger partial charge on any atom is -0.497 e. The van der Waals surface area contributed by atoms with E-state index in [1.165, 1.54) is 0 Å². The summed E-state index contributed by atoms with van der Waals surface area (Å²) in [7, 11) is 3.21. The van der Waals surface area contributed by atoms with Crippen molar-refractivity contribution in [2.24, 2.45) is 0 Å². The zero-order valence-corrected chi connectivity index (χ0v) is 18.1. The molecular formula is C23H23ClN2O5. The molecule has 0 radical (unpaired) electrons. The van der Waals surface area contributed by atoms with Gasteiger partial charge in [0.25, 0.3) is 5.91 Å². The Labute approximate surface area is 185 Å². The maximum absolute atomic E-state index is 13.1. The van der Waals surface area contributed by atoms with Crippen LogP contribution in [0.5, 0.6) is 17.2 Å². The number of hydrogen-bond acceptors (Lipinski definition) is 6. The molecule has 1 aliphatic heterocycles. The Morgan fingerprint density at radius 3 is 2.77 bits per heavy atom. The molecule has 4 rings (SSSR count). The van der Waals surface area contributed by atoms with Crippen LogP contribution in [-0.2, 0) is 6.61 Å². The molecule has 31 heavy (non-hydrogen) atoms. The standard InChI is InChI=1S/C23H23ClN2O5/c1-28-15-9-10-22(18(24)12-15)30-14-16-13-19(25-31-16)23(27)26-11-5-7-20(26)17-6-3-4-8-21(17)29-2/h3-4,6,8-10,12-13,20H,5,7,11,14H2,1-2H3/t20-/m1/s1. The van der Waals surface area contributed by atoms with Crippen molar-refractivity contribution in [2.75, 3.05) is 20.8 Å². The molecular weight excluding hydrogens is 420 g/mol. The van der Waals surface area contributed by atoms with Crippen LogP contribution in [0.4, 0.5) is 0 Å². The molecule has 0 saturated carbocycles. The monoisotopic (exact) mass is 442 g/mol. The van der Waals surface area contributed by atoms with Gasteiger partial charge in [0.15, 0.2) is 11.5 Å². The van der Waals surface area contributed by atoms with Gasteiger partial charge in [-0.15, -0.1) is 0 Å². The highest BCUT2D eigenvalue weighted by Gasteiger charge is 2.33. The third-order valence-electron chi connectivity index (χ3n) is 5.30. The number of halogens is 1. The molecule has 7 nitrogen and oxygen atoms in total. The topological polar surface area (TPSA) is 74.0 Å². The van der Waals surface area contributed by atoms with Crippen LogP contribution in [0.15, 0.2) is 53.1 Å². The first-order valence-electron chi connectivity index (χ1n) is 9.96. The van der Waals surface area contributed by atoms with Crippen LogP contribution in [0.3, 0.4) is 0 Å². The lowest BCUT2D eigenvalue weighted by Crippen LogP contribution is -2.31. The molecule has 2 aromatic carbocycles. The molecule has 1 aliphatic rings. The van der Waals surface area contributed by atoms with Gasteiger partial charge in [-0.25, -0.2) is 0 Å². The SMILES string of the molecule is COc1ccc(OCc2cc(C(=O)N3CCC[C@@H]3c3ccccc3OC)no2)c(Cl)c1. The lowest BCUT2D eigenvalue weighted by Gasteiger charge is -2.25. The summed E-state index contributed by atoms with van der Waals surface area (Å²) in [5.74, 6) is 2.16. The van der Waals surface area contributed by atoms with E-state index in [9.17, 15) is 4.79 Å². The molecule has 0 aliphatic carbocycles. The van der Waals surface area contributed by atoms with E-state index >= 15 is 0 Å². The Morgan fingerprint density at radius 1 is 1.16 bits per heavy atom. The highest BCUT2D eigenvalue weighted by molar-refractivity contribution is 6.32. The van der Waals surface area contributed by atoms with Gasteiger partial charge < -0.3 is 23.6 Å². The van der Waals surface area contributed by atoms with Crippen molar-refractivity contribution in [2.45, 2.75) is 25.5 Å². The molecule has 1 saturated heterocycles. The van der Waals surface area contributed by atoms with Gasteiger partial charge in [0.1, 0.15) is 23.9 Å². The normalized spacial score (nSPS) is 15.7. The van der Waals surface area contributed by atoms with Gasteiger partial charge in [0, 0.05) is 24.2 Å². The lowest BCUT2D eigenvalue weighted by molar-refractivity contribution is 0.0723. The van der Waals surface area contributed by atoms with E-state index in [-0.39, 0.29) is 24.2 Å². The van der Waals surface area contributed by atoms with E-state index in [1.54, 1.807) is 38.5 Å². The smallest absolute Gasteiger partial charge is 0.276 e. The second-order valence-electron chi connectivity index (χ2n) is 7.16. The van der Waals surface area contributed by atoms with Gasteiger partial charge >= 0.3 is 0 Å². The third-order valence-corrected chi connectivity index (χ3v) is 5.59. The molecule has 162 valence electrons. The van der Waals surface area contributed by atoms with Crippen LogP contribution < -0.4 is 14.2 Å². The minimum atomic E-state index is -0.175. The van der Waals surface area contributed by atoms with E-state index < -0.39 is 0 Å². The van der Waals surface area contributed by atoms with E-state index in [1.807, 2.05) is 29.2 Å². The number of rotatable bonds is 7. The Hall–Kier alpha value is -3.19. The number of likely N-dealkylation sites (tertiary alicyclic amines) is 1. The summed E-state index contributed by atoms with van der Waals surface area (Å²) in [6, 6.07) is 14.5. The fourth-order valence-electron chi connectivity index (χ4n) is 3.78. The second kappa shape index (κ2) is 9.31. The van der Waals surface area contributed by atoms with E-state index in [2.05, 4.69) is 5.16 Å². The molecule has 0 spiro atoms. The summed E-state index contributed by atoms with van der Waals surface area (Å²) in [5, 5.41) is 4.39. The second-order valence-corrected chi connectivity index (χ2v) is 7.57. The number of aromatic nitrogens is 1. The predicted molar refractivity (Wildman–Crippen MR) is 115 cm³/mol. The van der Waals surface area contributed by atoms with Crippen molar-refractivity contribution in [3.8, 4) is 17.2 Å². The van der Waals surface area contributed by atoms with E-state index in [0.29, 0.717) is 28.8 Å². The summed E-state index contributed by atoms with van der Waals surface area (Å²) in [6.45, 7) is 0.754. The molecule has 8 heteroatoms. The first kappa shape index (κ1) is 21.1. The highest BCUT2D eigenvalue weighted by atomic mass is 35.5.